The maximum absolute atomic E-state index is 12.0. The van der Waals surface area contributed by atoms with Gasteiger partial charge in [0.05, 0.1) is 13.0 Å². The number of amides is 1. The molecule has 0 spiro atoms. The molecular weight excluding hydrogens is 459 g/mol. The van der Waals surface area contributed by atoms with Crippen LogP contribution in [0.1, 0.15) is 24.8 Å². The van der Waals surface area contributed by atoms with Crippen molar-refractivity contribution in [3.05, 3.63) is 35.9 Å². The highest BCUT2D eigenvalue weighted by Crippen LogP contribution is 2.18. The normalized spacial score (nSPS) is 14.9. The minimum atomic E-state index is -0.136. The lowest BCUT2D eigenvalue weighted by atomic mass is 9.97. The van der Waals surface area contributed by atoms with Gasteiger partial charge in [0.15, 0.2) is 5.96 Å². The van der Waals surface area contributed by atoms with Crippen molar-refractivity contribution in [3.63, 3.8) is 0 Å². The number of carbonyl (C=O) groups excluding carboxylic acids is 2. The summed E-state index contributed by atoms with van der Waals surface area (Å²) in [5.74, 6) is 0.603. The van der Waals surface area contributed by atoms with Gasteiger partial charge in [0.1, 0.15) is 0 Å². The van der Waals surface area contributed by atoms with E-state index in [2.05, 4.69) is 20.5 Å². The lowest BCUT2D eigenvalue weighted by molar-refractivity contribution is -0.146. The molecule has 0 unspecified atom stereocenters. The monoisotopic (exact) mass is 488 g/mol. The first-order chi connectivity index (χ1) is 12.6. The van der Waals surface area contributed by atoms with E-state index in [9.17, 15) is 9.59 Å². The molecule has 1 aromatic rings. The molecule has 0 aromatic heterocycles. The van der Waals surface area contributed by atoms with E-state index in [-0.39, 0.29) is 41.8 Å². The number of nitrogens with one attached hydrogen (secondary N) is 2. The zero-order chi connectivity index (χ0) is 18.8. The number of guanidine groups is 1. The summed E-state index contributed by atoms with van der Waals surface area (Å²) in [5.41, 5.74) is 1.08. The fourth-order valence-electron chi connectivity index (χ4n) is 3.00. The molecule has 8 heteroatoms. The first-order valence-corrected chi connectivity index (χ1v) is 8.98. The fraction of sp³-hybridized carbons (Fsp3) is 0.526. The molecule has 7 nitrogen and oxygen atoms in total. The number of ether oxygens (including phenoxy) is 1. The van der Waals surface area contributed by atoms with Crippen LogP contribution >= 0.6 is 24.0 Å². The molecule has 1 aliphatic heterocycles. The summed E-state index contributed by atoms with van der Waals surface area (Å²) in [6.45, 7) is 2.55. The zero-order valence-electron chi connectivity index (χ0n) is 15.9. The zero-order valence-corrected chi connectivity index (χ0v) is 18.3. The number of hydrogen-bond donors (Lipinski definition) is 2. The van der Waals surface area contributed by atoms with Gasteiger partial charge in [-0.25, -0.2) is 0 Å². The second kappa shape index (κ2) is 12.5. The van der Waals surface area contributed by atoms with Crippen LogP contribution in [0.4, 0.5) is 0 Å². The van der Waals surface area contributed by atoms with Gasteiger partial charge in [0.25, 0.3) is 0 Å². The number of benzene rings is 1. The van der Waals surface area contributed by atoms with Crippen LogP contribution in [0.2, 0.25) is 0 Å². The van der Waals surface area contributed by atoms with Crippen LogP contribution in [0, 0.1) is 5.92 Å². The maximum atomic E-state index is 12.0. The van der Waals surface area contributed by atoms with Gasteiger partial charge < -0.3 is 20.3 Å². The Morgan fingerprint density at radius 2 is 1.85 bits per heavy atom. The van der Waals surface area contributed by atoms with Crippen molar-refractivity contribution >= 4 is 41.8 Å². The van der Waals surface area contributed by atoms with Gasteiger partial charge in [0.2, 0.25) is 5.91 Å². The second-order valence-electron chi connectivity index (χ2n) is 6.27. The van der Waals surface area contributed by atoms with E-state index < -0.39 is 0 Å². The molecule has 27 heavy (non-hydrogen) atoms. The van der Waals surface area contributed by atoms with Crippen molar-refractivity contribution in [2.24, 2.45) is 10.9 Å². The number of nitrogens with zero attached hydrogens (tertiary/aromatic N) is 2. The van der Waals surface area contributed by atoms with E-state index in [1.165, 1.54) is 7.11 Å². The molecule has 1 aromatic carbocycles. The molecule has 150 valence electrons. The molecule has 1 amide bonds. The van der Waals surface area contributed by atoms with Crippen molar-refractivity contribution in [2.75, 3.05) is 33.8 Å². The van der Waals surface area contributed by atoms with E-state index in [1.807, 2.05) is 30.3 Å². The SMILES string of the molecule is CN=C(NCCC(=O)NCc1ccccc1)N1CCC(C(=O)OC)CC1.I. The van der Waals surface area contributed by atoms with Gasteiger partial charge in [-0.15, -0.1) is 24.0 Å². The van der Waals surface area contributed by atoms with E-state index in [1.54, 1.807) is 7.05 Å². The Labute approximate surface area is 178 Å². The molecule has 1 heterocycles. The average molecular weight is 488 g/mol. The second-order valence-corrected chi connectivity index (χ2v) is 6.27. The van der Waals surface area contributed by atoms with Crippen molar-refractivity contribution < 1.29 is 14.3 Å². The van der Waals surface area contributed by atoms with Crippen LogP contribution in [0.3, 0.4) is 0 Å². The van der Waals surface area contributed by atoms with Crippen molar-refractivity contribution in [2.45, 2.75) is 25.8 Å². The van der Waals surface area contributed by atoms with Gasteiger partial charge in [-0.2, -0.15) is 0 Å². The molecular formula is C19H29IN4O3. The van der Waals surface area contributed by atoms with E-state index in [4.69, 9.17) is 4.74 Å². The van der Waals surface area contributed by atoms with Crippen molar-refractivity contribution in [1.82, 2.24) is 15.5 Å². The number of halogens is 1. The highest BCUT2D eigenvalue weighted by molar-refractivity contribution is 14.0. The third-order valence-corrected chi connectivity index (χ3v) is 4.51. The van der Waals surface area contributed by atoms with Crippen molar-refractivity contribution in [1.29, 1.82) is 0 Å². The summed E-state index contributed by atoms with van der Waals surface area (Å²) < 4.78 is 4.81. The number of piperidine rings is 1. The Hall–Kier alpha value is -1.84. The standard InChI is InChI=1S/C19H28N4O3.HI/c1-20-19(23-12-9-16(10-13-23)18(25)26-2)21-11-8-17(24)22-14-15-6-4-3-5-7-15;/h3-7,16H,8-14H2,1-2H3,(H,20,21)(H,22,24);1H. The maximum Gasteiger partial charge on any atom is 0.308 e. The molecule has 0 atom stereocenters. The number of carbonyl (C=O) groups is 2. The lowest BCUT2D eigenvalue weighted by Gasteiger charge is -2.33. The Balaban J connectivity index is 0.00000364. The lowest BCUT2D eigenvalue weighted by Crippen LogP contribution is -2.47. The first-order valence-electron chi connectivity index (χ1n) is 8.98. The Morgan fingerprint density at radius 3 is 2.44 bits per heavy atom. The van der Waals surface area contributed by atoms with Crippen LogP contribution in [0.25, 0.3) is 0 Å². The van der Waals surface area contributed by atoms with E-state index in [0.29, 0.717) is 19.5 Å². The summed E-state index contributed by atoms with van der Waals surface area (Å²) >= 11 is 0. The Kier molecular flexibility index (Phi) is 10.8. The van der Waals surface area contributed by atoms with E-state index >= 15 is 0 Å². The van der Waals surface area contributed by atoms with Gasteiger partial charge >= 0.3 is 5.97 Å². The van der Waals surface area contributed by atoms with Crippen LogP contribution in [0.15, 0.2) is 35.3 Å². The molecule has 1 aliphatic rings. The van der Waals surface area contributed by atoms with Crippen LogP contribution in [-0.4, -0.2) is 56.5 Å². The minimum Gasteiger partial charge on any atom is -0.469 e. The quantitative estimate of drug-likeness (QED) is 0.276. The molecule has 0 aliphatic carbocycles. The van der Waals surface area contributed by atoms with Crippen molar-refractivity contribution in [3.8, 4) is 0 Å². The summed E-state index contributed by atoms with van der Waals surface area (Å²) in [7, 11) is 3.15. The molecule has 1 fully saturated rings. The summed E-state index contributed by atoms with van der Waals surface area (Å²) in [6.07, 6.45) is 1.89. The van der Waals surface area contributed by atoms with Gasteiger partial charge in [-0.05, 0) is 18.4 Å². The average Bonchev–Trinajstić information content (AvgIpc) is 2.70. The molecule has 2 rings (SSSR count). The number of methoxy groups -OCH3 is 1. The summed E-state index contributed by atoms with van der Waals surface area (Å²) in [6, 6.07) is 9.83. The largest absolute Gasteiger partial charge is 0.469 e. The number of hydrogen-bond acceptors (Lipinski definition) is 4. The third-order valence-electron chi connectivity index (χ3n) is 4.51. The number of likely N-dealkylation sites (tertiary alicyclic amines) is 1. The van der Waals surface area contributed by atoms with E-state index in [0.717, 1.165) is 37.5 Å². The molecule has 0 bridgehead atoms. The smallest absolute Gasteiger partial charge is 0.308 e. The predicted molar refractivity (Wildman–Crippen MR) is 116 cm³/mol. The highest BCUT2D eigenvalue weighted by Gasteiger charge is 2.26. The molecule has 0 radical (unpaired) electrons. The topological polar surface area (TPSA) is 83.0 Å². The number of rotatable bonds is 6. The van der Waals surface area contributed by atoms with Gasteiger partial charge in [0, 0.05) is 39.6 Å². The summed E-state index contributed by atoms with van der Waals surface area (Å²) in [5, 5.41) is 6.14. The number of aliphatic imine (C=N–C) groups is 1. The Morgan fingerprint density at radius 1 is 1.19 bits per heavy atom. The summed E-state index contributed by atoms with van der Waals surface area (Å²) in [4.78, 5) is 29.9. The molecule has 1 saturated heterocycles. The van der Waals surface area contributed by atoms with Crippen LogP contribution < -0.4 is 10.6 Å². The number of esters is 1. The molecule has 2 N–H and O–H groups in total. The first kappa shape index (κ1) is 23.2. The van der Waals surface area contributed by atoms with Gasteiger partial charge in [-0.1, -0.05) is 30.3 Å². The fourth-order valence-corrected chi connectivity index (χ4v) is 3.00. The van der Waals surface area contributed by atoms with Gasteiger partial charge in [-0.3, -0.25) is 14.6 Å². The predicted octanol–water partition coefficient (Wildman–Crippen LogP) is 1.77. The Bertz CT molecular complexity index is 617. The van der Waals surface area contributed by atoms with Crippen LogP contribution in [0.5, 0.6) is 0 Å². The third kappa shape index (κ3) is 7.74. The minimum absolute atomic E-state index is 0. The highest BCUT2D eigenvalue weighted by atomic mass is 127. The van der Waals surface area contributed by atoms with Crippen LogP contribution in [-0.2, 0) is 20.9 Å². The molecule has 0 saturated carbocycles.